The topological polar surface area (TPSA) is 94.6 Å². The van der Waals surface area contributed by atoms with Crippen LogP contribution in [0.1, 0.15) is 18.1 Å². The SMILES string of the molecule is CC(OC(=O)NCCOCCOc1cc(F)ccc1-c1nnc(-c2ccc3c(c2)CCNC3)c2ccsc12)C(F)(F)F. The predicted octanol–water partition coefficient (Wildman–Crippen LogP) is 5.88. The van der Waals surface area contributed by atoms with Crippen molar-refractivity contribution < 1.29 is 36.6 Å². The highest BCUT2D eigenvalue weighted by molar-refractivity contribution is 7.17. The molecule has 2 aromatic heterocycles. The fraction of sp³-hybridized carbons (Fsp3) is 0.345. The Morgan fingerprint density at radius 3 is 2.74 bits per heavy atom. The molecule has 1 unspecified atom stereocenters. The molecule has 1 aliphatic rings. The molecule has 0 aliphatic carbocycles. The third-order valence-corrected chi connectivity index (χ3v) is 7.62. The van der Waals surface area contributed by atoms with E-state index in [0.29, 0.717) is 11.3 Å². The standard InChI is InChI=1S/C29H28F4N4O4S/c1-17(29(31,32)33)41-28(38)35-9-10-39-11-12-40-24-15-21(30)4-5-22(24)26-27-23(7-13-42-27)25(36-37-26)19-2-3-20-16-34-8-6-18(20)14-19/h2-5,7,13-15,17,34H,6,8-12,16H2,1H3,(H,35,38). The normalized spacial score (nSPS) is 13.9. The number of rotatable bonds is 10. The van der Waals surface area contributed by atoms with Crippen LogP contribution in [0.4, 0.5) is 22.4 Å². The first-order chi connectivity index (χ1) is 20.2. The fourth-order valence-corrected chi connectivity index (χ4v) is 5.40. The van der Waals surface area contributed by atoms with Gasteiger partial charge in [-0.15, -0.1) is 21.5 Å². The van der Waals surface area contributed by atoms with Crippen LogP contribution in [0.3, 0.4) is 0 Å². The molecule has 1 aliphatic heterocycles. The number of fused-ring (bicyclic) bond motifs is 2. The second-order valence-electron chi connectivity index (χ2n) is 9.59. The van der Waals surface area contributed by atoms with E-state index in [1.54, 1.807) is 6.07 Å². The van der Waals surface area contributed by atoms with Crippen LogP contribution in [0.2, 0.25) is 0 Å². The molecule has 0 saturated carbocycles. The number of hydrogen-bond acceptors (Lipinski definition) is 8. The number of alkyl carbamates (subject to hydrolysis) is 1. The summed E-state index contributed by atoms with van der Waals surface area (Å²) in [5.41, 5.74) is 5.48. The Morgan fingerprint density at radius 1 is 1.07 bits per heavy atom. The number of carbonyl (C=O) groups is 1. The Labute approximate surface area is 243 Å². The van der Waals surface area contributed by atoms with Gasteiger partial charge in [0.05, 0.1) is 17.9 Å². The number of thiophene rings is 1. The first-order valence-electron chi connectivity index (χ1n) is 13.3. The van der Waals surface area contributed by atoms with E-state index in [2.05, 4.69) is 43.8 Å². The lowest BCUT2D eigenvalue weighted by Crippen LogP contribution is -2.36. The second-order valence-corrected chi connectivity index (χ2v) is 10.5. The first kappa shape index (κ1) is 29.7. The summed E-state index contributed by atoms with van der Waals surface area (Å²) in [6.45, 7) is 2.61. The lowest BCUT2D eigenvalue weighted by atomic mass is 9.96. The van der Waals surface area contributed by atoms with Crippen molar-refractivity contribution in [1.82, 2.24) is 20.8 Å². The maximum atomic E-state index is 14.2. The monoisotopic (exact) mass is 604 g/mol. The van der Waals surface area contributed by atoms with Gasteiger partial charge in [-0.1, -0.05) is 12.1 Å². The molecule has 2 aromatic carbocycles. The quantitative estimate of drug-likeness (QED) is 0.172. The van der Waals surface area contributed by atoms with Gasteiger partial charge < -0.3 is 24.8 Å². The minimum atomic E-state index is -4.64. The maximum absolute atomic E-state index is 14.2. The molecular weight excluding hydrogens is 576 g/mol. The van der Waals surface area contributed by atoms with Gasteiger partial charge in [0, 0.05) is 35.7 Å². The summed E-state index contributed by atoms with van der Waals surface area (Å²) < 4.78 is 67.9. The molecule has 0 radical (unpaired) electrons. The number of nitrogens with zero attached hydrogens (tertiary/aromatic N) is 2. The summed E-state index contributed by atoms with van der Waals surface area (Å²) >= 11 is 1.51. The van der Waals surface area contributed by atoms with Crippen LogP contribution in [0.5, 0.6) is 5.75 Å². The van der Waals surface area contributed by atoms with Gasteiger partial charge in [-0.25, -0.2) is 9.18 Å². The lowest BCUT2D eigenvalue weighted by Gasteiger charge is -2.18. The molecule has 8 nitrogen and oxygen atoms in total. The Balaban J connectivity index is 1.22. The van der Waals surface area contributed by atoms with Crippen LogP contribution in [0, 0.1) is 5.82 Å². The number of aromatic nitrogens is 2. The minimum absolute atomic E-state index is 0.0107. The van der Waals surface area contributed by atoms with Crippen molar-refractivity contribution in [3.05, 3.63) is 64.8 Å². The first-order valence-corrected chi connectivity index (χ1v) is 14.2. The highest BCUT2D eigenvalue weighted by Gasteiger charge is 2.39. The van der Waals surface area contributed by atoms with Gasteiger partial charge in [0.1, 0.15) is 29.6 Å². The Kier molecular flexibility index (Phi) is 9.19. The zero-order valence-electron chi connectivity index (χ0n) is 22.6. The molecule has 222 valence electrons. The molecular formula is C29H28F4N4O4S. The predicted molar refractivity (Wildman–Crippen MR) is 150 cm³/mol. The average molecular weight is 605 g/mol. The van der Waals surface area contributed by atoms with E-state index in [4.69, 9.17) is 9.47 Å². The van der Waals surface area contributed by atoms with E-state index in [1.165, 1.54) is 34.6 Å². The Bertz CT molecular complexity index is 1560. The summed E-state index contributed by atoms with van der Waals surface area (Å²) in [6, 6.07) is 12.5. The van der Waals surface area contributed by atoms with Gasteiger partial charge in [0.25, 0.3) is 0 Å². The summed E-state index contributed by atoms with van der Waals surface area (Å²) in [4.78, 5) is 11.4. The van der Waals surface area contributed by atoms with Crippen molar-refractivity contribution in [2.24, 2.45) is 0 Å². The van der Waals surface area contributed by atoms with Gasteiger partial charge in [0.2, 0.25) is 0 Å². The molecule has 1 amide bonds. The van der Waals surface area contributed by atoms with Gasteiger partial charge in [-0.05, 0) is 60.7 Å². The van der Waals surface area contributed by atoms with E-state index < -0.39 is 24.2 Å². The Morgan fingerprint density at radius 2 is 1.90 bits per heavy atom. The van der Waals surface area contributed by atoms with E-state index >= 15 is 0 Å². The van der Waals surface area contributed by atoms with Crippen molar-refractivity contribution in [3.8, 4) is 28.3 Å². The molecule has 0 spiro atoms. The molecule has 13 heteroatoms. The molecule has 0 bridgehead atoms. The third kappa shape index (κ3) is 6.97. The van der Waals surface area contributed by atoms with E-state index in [1.807, 2.05) is 11.4 Å². The van der Waals surface area contributed by atoms with E-state index in [9.17, 15) is 22.4 Å². The minimum Gasteiger partial charge on any atom is -0.490 e. The lowest BCUT2D eigenvalue weighted by molar-refractivity contribution is -0.197. The van der Waals surface area contributed by atoms with Crippen LogP contribution in [-0.2, 0) is 22.4 Å². The number of alkyl halides is 3. The fourth-order valence-electron chi connectivity index (χ4n) is 4.51. The van der Waals surface area contributed by atoms with Crippen LogP contribution < -0.4 is 15.4 Å². The van der Waals surface area contributed by atoms with Crippen LogP contribution in [0.15, 0.2) is 47.8 Å². The zero-order chi connectivity index (χ0) is 29.7. The van der Waals surface area contributed by atoms with Crippen molar-refractivity contribution in [1.29, 1.82) is 0 Å². The van der Waals surface area contributed by atoms with Gasteiger partial charge in [0.15, 0.2) is 6.10 Å². The van der Waals surface area contributed by atoms with Crippen molar-refractivity contribution >= 4 is 27.5 Å². The van der Waals surface area contributed by atoms with E-state index in [-0.39, 0.29) is 32.1 Å². The summed E-state index contributed by atoms with van der Waals surface area (Å²) in [7, 11) is 0. The largest absolute Gasteiger partial charge is 0.490 e. The molecule has 0 saturated heterocycles. The summed E-state index contributed by atoms with van der Waals surface area (Å²) in [5, 5.41) is 17.6. The number of halogens is 4. The Hall–Kier alpha value is -3.81. The average Bonchev–Trinajstić information content (AvgIpc) is 3.46. The summed E-state index contributed by atoms with van der Waals surface area (Å²) in [5.74, 6) is -0.222. The number of benzene rings is 2. The van der Waals surface area contributed by atoms with Crippen molar-refractivity contribution in [3.63, 3.8) is 0 Å². The highest BCUT2D eigenvalue weighted by Crippen LogP contribution is 2.39. The van der Waals surface area contributed by atoms with Gasteiger partial charge in [-0.3, -0.25) is 0 Å². The van der Waals surface area contributed by atoms with Crippen molar-refractivity contribution in [2.75, 3.05) is 32.9 Å². The molecule has 2 N–H and O–H groups in total. The van der Waals surface area contributed by atoms with Crippen molar-refractivity contribution in [2.45, 2.75) is 32.2 Å². The number of ether oxygens (including phenoxy) is 3. The number of nitrogens with one attached hydrogen (secondary N) is 2. The molecule has 5 rings (SSSR count). The van der Waals surface area contributed by atoms with Crippen LogP contribution in [0.25, 0.3) is 32.6 Å². The van der Waals surface area contributed by atoms with E-state index in [0.717, 1.165) is 47.8 Å². The smallest absolute Gasteiger partial charge is 0.425 e. The molecule has 0 fully saturated rings. The van der Waals surface area contributed by atoms with Crippen LogP contribution in [-0.4, -0.2) is 61.5 Å². The number of hydrogen-bond donors (Lipinski definition) is 2. The molecule has 1 atom stereocenters. The highest BCUT2D eigenvalue weighted by atomic mass is 32.1. The molecule has 3 heterocycles. The van der Waals surface area contributed by atoms with Gasteiger partial charge in [-0.2, -0.15) is 13.2 Å². The molecule has 42 heavy (non-hydrogen) atoms. The summed E-state index contributed by atoms with van der Waals surface area (Å²) in [6.07, 6.45) is -7.10. The third-order valence-electron chi connectivity index (χ3n) is 6.70. The molecule has 4 aromatic rings. The maximum Gasteiger partial charge on any atom is 0.425 e. The zero-order valence-corrected chi connectivity index (χ0v) is 23.4. The number of carbonyl (C=O) groups excluding carboxylic acids is 1. The second kappa shape index (κ2) is 13.0. The van der Waals surface area contributed by atoms with Gasteiger partial charge >= 0.3 is 12.3 Å². The number of amides is 1. The van der Waals surface area contributed by atoms with Crippen LogP contribution >= 0.6 is 11.3 Å².